The van der Waals surface area contributed by atoms with Crippen molar-refractivity contribution in [3.8, 4) is 11.5 Å². The number of fused-ring (bicyclic) bond motifs is 12. The average molecular weight is 1610 g/mol. The first-order chi connectivity index (χ1) is 51.9. The third-order valence-corrected chi connectivity index (χ3v) is 21.1. The fourth-order valence-corrected chi connectivity index (χ4v) is 14.9. The minimum Gasteiger partial charge on any atom is -0.497 e. The summed E-state index contributed by atoms with van der Waals surface area (Å²) in [7, 11) is 1.49. The van der Waals surface area contributed by atoms with Gasteiger partial charge in [0.1, 0.15) is 71.8 Å². The molecule has 10 rings (SSSR count). The SMILES string of the molecule is COc1ccc(C[C@@H]2NC(=O)[C@H]([C@@H](C)O)NC(=O)[C@@H]3[C@@H]4CCN3C(=O)[C@@H]3Cc5cn(c6ccc(F)cc56)CCCCOc5cc(cc(c5)CNC(=O)CCC(=O)N[C@@H](C)C(=O)N[C@H](CNC(=O)CCCCCI)C(=O)N[C@@H](Cc5cccc(c5)CNC(=O)CO4)C(=O)N3)CCNC(=O)[C@]3(C)CCCN3C2=O)cc1. The molecule has 580 valence electrons. The number of halogens is 2. The van der Waals surface area contributed by atoms with Gasteiger partial charge in [-0.15, -0.1) is 0 Å². The molecule has 5 aliphatic heterocycles. The largest absolute Gasteiger partial charge is 0.497 e. The lowest BCUT2D eigenvalue weighted by Crippen LogP contribution is -2.64. The first kappa shape index (κ1) is 80.8. The van der Waals surface area contributed by atoms with E-state index in [0.29, 0.717) is 88.0 Å². The van der Waals surface area contributed by atoms with Crippen molar-refractivity contribution in [1.82, 2.24) is 67.5 Å². The summed E-state index contributed by atoms with van der Waals surface area (Å²) < 4.78 is 36.6. The summed E-state index contributed by atoms with van der Waals surface area (Å²) in [6.45, 7) is 3.43. The number of benzene rings is 4. The molecular weight excluding hydrogens is 1510 g/mol. The van der Waals surface area contributed by atoms with Crippen LogP contribution in [0.3, 0.4) is 0 Å². The molecule has 10 atom stereocenters. The summed E-state index contributed by atoms with van der Waals surface area (Å²) in [6, 6.07) is 11.7. The van der Waals surface area contributed by atoms with Crippen molar-refractivity contribution < 1.29 is 81.2 Å². The molecule has 5 aromatic rings. The van der Waals surface area contributed by atoms with Crippen LogP contribution in [0, 0.1) is 5.82 Å². The number of hydrogen-bond donors (Lipinski definition) is 11. The van der Waals surface area contributed by atoms with Crippen LogP contribution in [0.4, 0.5) is 4.39 Å². The van der Waals surface area contributed by atoms with Gasteiger partial charge in [0, 0.05) is 101 Å². The minimum absolute atomic E-state index is 0.0143. The predicted molar refractivity (Wildman–Crippen MR) is 402 cm³/mol. The molecule has 4 aromatic carbocycles. The van der Waals surface area contributed by atoms with Crippen LogP contribution in [0.25, 0.3) is 10.9 Å². The Bertz CT molecular complexity index is 4140. The Hall–Kier alpha value is -9.76. The van der Waals surface area contributed by atoms with Gasteiger partial charge < -0.3 is 86.9 Å². The molecule has 1 aromatic heterocycles. The van der Waals surface area contributed by atoms with E-state index >= 15 is 33.2 Å². The van der Waals surface area contributed by atoms with Gasteiger partial charge in [0.25, 0.3) is 0 Å². The van der Waals surface area contributed by atoms with E-state index in [-0.39, 0.29) is 97.1 Å². The molecule has 0 radical (unpaired) electrons. The molecule has 108 heavy (non-hydrogen) atoms. The van der Waals surface area contributed by atoms with Crippen LogP contribution in [0.5, 0.6) is 11.5 Å². The summed E-state index contributed by atoms with van der Waals surface area (Å²) >= 11 is 2.24. The highest BCUT2D eigenvalue weighted by atomic mass is 127. The maximum Gasteiger partial charge on any atom is 0.246 e. The Morgan fingerprint density at radius 2 is 1.44 bits per heavy atom. The molecule has 5 aliphatic rings. The smallest absolute Gasteiger partial charge is 0.246 e. The summed E-state index contributed by atoms with van der Waals surface area (Å²) in [5, 5.41) is 39.7. The van der Waals surface area contributed by atoms with Crippen molar-refractivity contribution in [2.24, 2.45) is 0 Å². The van der Waals surface area contributed by atoms with E-state index in [4.69, 9.17) is 14.2 Å². The second kappa shape index (κ2) is 37.9. The van der Waals surface area contributed by atoms with Crippen molar-refractivity contribution in [2.75, 3.05) is 50.9 Å². The number of aliphatic hydroxyl groups excluding tert-OH is 1. The summed E-state index contributed by atoms with van der Waals surface area (Å²) in [6.07, 6.45) is 1.18. The number of aromatic nitrogens is 1. The third kappa shape index (κ3) is 21.3. The number of nitrogens with one attached hydrogen (secondary N) is 10. The van der Waals surface area contributed by atoms with Crippen molar-refractivity contribution in [3.05, 3.63) is 130 Å². The van der Waals surface area contributed by atoms with E-state index in [9.17, 15) is 33.9 Å². The maximum atomic E-state index is 16.2. The lowest BCUT2D eigenvalue weighted by Gasteiger charge is -2.37. The molecule has 0 unspecified atom stereocenters. The van der Waals surface area contributed by atoms with Gasteiger partial charge in [-0.25, -0.2) is 4.39 Å². The monoisotopic (exact) mass is 1610 g/mol. The minimum atomic E-state index is -1.86. The molecule has 0 saturated carbocycles. The number of alkyl halides is 1. The fraction of sp³-hybridized carbons (Fsp3) is 0.506. The molecule has 2 saturated heterocycles. The van der Waals surface area contributed by atoms with Gasteiger partial charge >= 0.3 is 0 Å². The van der Waals surface area contributed by atoms with E-state index in [1.807, 2.05) is 16.7 Å². The Kier molecular flexibility index (Phi) is 28.3. The van der Waals surface area contributed by atoms with Gasteiger partial charge in [0.2, 0.25) is 70.9 Å². The number of rotatable bonds is 11. The van der Waals surface area contributed by atoms with Crippen molar-refractivity contribution in [2.45, 2.75) is 197 Å². The zero-order chi connectivity index (χ0) is 77.2. The van der Waals surface area contributed by atoms with E-state index in [1.54, 1.807) is 73.8 Å². The quantitative estimate of drug-likeness (QED) is 0.0513. The highest BCUT2D eigenvalue weighted by Gasteiger charge is 2.50. The summed E-state index contributed by atoms with van der Waals surface area (Å²) in [5.74, 6) is -8.96. The Labute approximate surface area is 639 Å². The lowest BCUT2D eigenvalue weighted by molar-refractivity contribution is -0.148. The molecule has 29 nitrogen and oxygen atoms in total. The number of amides is 12. The van der Waals surface area contributed by atoms with E-state index in [0.717, 1.165) is 22.2 Å². The molecule has 12 bridgehead atoms. The van der Waals surface area contributed by atoms with Crippen LogP contribution in [0.2, 0.25) is 0 Å². The van der Waals surface area contributed by atoms with Gasteiger partial charge in [-0.2, -0.15) is 0 Å². The molecule has 0 aliphatic carbocycles. The summed E-state index contributed by atoms with van der Waals surface area (Å²) in [4.78, 5) is 179. The predicted octanol–water partition coefficient (Wildman–Crippen LogP) is 2.18. The van der Waals surface area contributed by atoms with Crippen LogP contribution >= 0.6 is 22.6 Å². The summed E-state index contributed by atoms with van der Waals surface area (Å²) in [5.41, 5.74) is 2.31. The van der Waals surface area contributed by atoms with Crippen molar-refractivity contribution in [3.63, 3.8) is 0 Å². The zero-order valence-corrected chi connectivity index (χ0v) is 63.4. The average Bonchev–Trinajstić information content (AvgIpc) is 1.66. The molecule has 0 spiro atoms. The number of nitrogens with zero attached hydrogens (tertiary/aromatic N) is 3. The van der Waals surface area contributed by atoms with Crippen LogP contribution < -0.4 is 62.6 Å². The number of unbranched alkanes of at least 4 members (excludes halogenated alkanes) is 2. The highest BCUT2D eigenvalue weighted by molar-refractivity contribution is 14.1. The van der Waals surface area contributed by atoms with E-state index in [2.05, 4.69) is 75.8 Å². The normalized spacial score (nSPS) is 24.9. The fourth-order valence-electron chi connectivity index (χ4n) is 14.3. The highest BCUT2D eigenvalue weighted by Crippen LogP contribution is 2.33. The lowest BCUT2D eigenvalue weighted by atomic mass is 9.95. The van der Waals surface area contributed by atoms with Gasteiger partial charge in [0.15, 0.2) is 0 Å². The second-order valence-electron chi connectivity index (χ2n) is 28.4. The van der Waals surface area contributed by atoms with Crippen LogP contribution in [-0.2, 0) is 108 Å². The van der Waals surface area contributed by atoms with Crippen LogP contribution in [0.1, 0.15) is 125 Å². The Morgan fingerprint density at radius 3 is 2.21 bits per heavy atom. The van der Waals surface area contributed by atoms with Crippen molar-refractivity contribution in [1.29, 1.82) is 0 Å². The number of methoxy groups -OCH3 is 1. The number of ether oxygens (including phenoxy) is 3. The van der Waals surface area contributed by atoms with E-state index < -0.39 is 150 Å². The third-order valence-electron chi connectivity index (χ3n) is 20.3. The van der Waals surface area contributed by atoms with Crippen LogP contribution in [-0.4, -0.2) is 201 Å². The Morgan fingerprint density at radius 1 is 0.704 bits per heavy atom. The topological polar surface area (TPSA) is 384 Å². The molecule has 2 fully saturated rings. The molecular formula is C77H97FIN13O16. The molecule has 31 heteroatoms. The number of aliphatic hydroxyl groups is 1. The molecule has 11 N–H and O–H groups in total. The first-order valence-electron chi connectivity index (χ1n) is 37.0. The second-order valence-corrected chi connectivity index (χ2v) is 29.5. The molecule has 6 heterocycles. The zero-order valence-electron chi connectivity index (χ0n) is 61.2. The number of carbonyl (C=O) groups is 12. The number of carbonyl (C=O) groups excluding carboxylic acids is 12. The Balaban J connectivity index is 1.10. The van der Waals surface area contributed by atoms with Crippen LogP contribution in [0.15, 0.2) is 91.1 Å². The van der Waals surface area contributed by atoms with Crippen molar-refractivity contribution >= 4 is 104 Å². The molecule has 12 amide bonds. The maximum absolute atomic E-state index is 16.2. The van der Waals surface area contributed by atoms with E-state index in [1.165, 1.54) is 38.0 Å². The number of aryl methyl sites for hydroxylation is 1. The number of hydrogen-bond acceptors (Lipinski definition) is 16. The van der Waals surface area contributed by atoms with Gasteiger partial charge in [0.05, 0.1) is 25.9 Å². The van der Waals surface area contributed by atoms with Gasteiger partial charge in [-0.3, -0.25) is 57.5 Å². The first-order valence-corrected chi connectivity index (χ1v) is 38.5. The standard InChI is InChI=1S/C77H97FIN13O16/c1-45-69(98)88-60(42-83-63(94)14-6-5-7-26-79)71(100)85-57-37-48-12-10-13-50(32-48)40-82-66(97)44-108-62-24-30-91-68(62)73(102)89-67(46(2)93)72(101)87-58(36-47-15-18-54(106-4)19-16-47)75(104)92-29-11-25-77(92,3)76(105)80-27-23-49-33-51(41-81-64(95)21-22-65(96)84-45)35-55(34-49)107-31-9-8-28-90-43-52(38-59(74(91)103)86-70(57)99)56-39-53(78)17-20-61(56)90/h10,12-13,15-20,32-35,39,43,45-46,57-60,62,67-68,93H,5-9,11,14,21-31,36-38,40-42,44H2,1-4H3,(H,80,105)(H,81,95)(H,82,97)(H,83,94)(H,84,96)(H,85,100)(H,86,99)(H,87,101)(H,88,98)(H,89,102)/t45-,46+,57-,58-,59-,60+,62-,67-,68-,77-/m0/s1. The van der Waals surface area contributed by atoms with Gasteiger partial charge in [-0.05, 0) is 152 Å². The van der Waals surface area contributed by atoms with Gasteiger partial charge in [-0.1, -0.05) is 71.5 Å².